The molecule has 2 N–H and O–H groups in total. The second-order valence-corrected chi connectivity index (χ2v) is 3.86. The number of halogens is 5. The van der Waals surface area contributed by atoms with Crippen LogP contribution in [0.4, 0.5) is 18.9 Å². The van der Waals surface area contributed by atoms with Gasteiger partial charge in [-0.05, 0) is 39.7 Å². The third-order valence-electron chi connectivity index (χ3n) is 1.57. The molecule has 0 fully saturated rings. The van der Waals surface area contributed by atoms with E-state index < -0.39 is 22.9 Å². The van der Waals surface area contributed by atoms with Gasteiger partial charge in [0.05, 0.1) is 11.3 Å². The normalized spacial score (nSPS) is 11.3. The highest BCUT2D eigenvalue weighted by atomic mass is 79.9. The minimum Gasteiger partial charge on any atom is -0.403 e. The van der Waals surface area contributed by atoms with Crippen molar-refractivity contribution in [3.05, 3.63) is 22.2 Å². The van der Waals surface area contributed by atoms with E-state index in [2.05, 4.69) is 20.7 Å². The molecule has 0 saturated carbocycles. The second-order valence-electron chi connectivity index (χ2n) is 2.66. The zero-order valence-electron chi connectivity index (χ0n) is 7.44. The van der Waals surface area contributed by atoms with Gasteiger partial charge in [0.25, 0.3) is 5.24 Å². The fourth-order valence-electron chi connectivity index (χ4n) is 0.956. The van der Waals surface area contributed by atoms with Crippen LogP contribution in [0.2, 0.25) is 0 Å². The largest absolute Gasteiger partial charge is 0.573 e. The molecular formula is C8H4BrClF3NO2. The van der Waals surface area contributed by atoms with Crippen LogP contribution in [0.1, 0.15) is 10.4 Å². The number of anilines is 1. The molecule has 0 aromatic heterocycles. The van der Waals surface area contributed by atoms with E-state index in [1.54, 1.807) is 0 Å². The number of hydrogen-bond donors (Lipinski definition) is 1. The van der Waals surface area contributed by atoms with Crippen molar-refractivity contribution in [2.45, 2.75) is 6.36 Å². The molecule has 16 heavy (non-hydrogen) atoms. The molecule has 0 aliphatic rings. The predicted octanol–water partition coefficient (Wildman–Crippen LogP) is 3.31. The highest BCUT2D eigenvalue weighted by Crippen LogP contribution is 2.37. The topological polar surface area (TPSA) is 52.3 Å². The number of benzene rings is 1. The summed E-state index contributed by atoms with van der Waals surface area (Å²) in [5, 5.41) is -1.08. The molecule has 0 unspecified atom stereocenters. The zero-order chi connectivity index (χ0) is 12.5. The highest BCUT2D eigenvalue weighted by molar-refractivity contribution is 9.10. The number of nitrogen functional groups attached to an aromatic ring is 1. The number of rotatable bonds is 2. The molecule has 0 aliphatic heterocycles. The molecule has 1 aromatic carbocycles. The van der Waals surface area contributed by atoms with E-state index in [0.717, 1.165) is 6.07 Å². The van der Waals surface area contributed by atoms with Gasteiger partial charge < -0.3 is 10.5 Å². The maximum absolute atomic E-state index is 12.0. The number of ether oxygens (including phenoxy) is 1. The monoisotopic (exact) mass is 317 g/mol. The van der Waals surface area contributed by atoms with Crippen LogP contribution < -0.4 is 10.5 Å². The van der Waals surface area contributed by atoms with Crippen molar-refractivity contribution in [2.24, 2.45) is 0 Å². The second kappa shape index (κ2) is 4.50. The molecule has 0 amide bonds. The fourth-order valence-corrected chi connectivity index (χ4v) is 1.42. The Balaban J connectivity index is 3.32. The Morgan fingerprint density at radius 3 is 2.44 bits per heavy atom. The molecule has 88 valence electrons. The highest BCUT2D eigenvalue weighted by Gasteiger charge is 2.34. The van der Waals surface area contributed by atoms with Crippen LogP contribution in [0, 0.1) is 0 Å². The summed E-state index contributed by atoms with van der Waals surface area (Å²) >= 11 is 8.01. The quantitative estimate of drug-likeness (QED) is 0.672. The maximum Gasteiger partial charge on any atom is 0.573 e. The van der Waals surface area contributed by atoms with Gasteiger partial charge in [-0.25, -0.2) is 0 Å². The Bertz CT molecular complexity index is 436. The summed E-state index contributed by atoms with van der Waals surface area (Å²) < 4.78 is 40.0. The van der Waals surface area contributed by atoms with E-state index in [0.29, 0.717) is 0 Å². The molecule has 3 nitrogen and oxygen atoms in total. The molecule has 1 aromatic rings. The van der Waals surface area contributed by atoms with Gasteiger partial charge in [-0.15, -0.1) is 13.2 Å². The van der Waals surface area contributed by atoms with Crippen LogP contribution in [-0.2, 0) is 0 Å². The number of nitrogens with two attached hydrogens (primary N) is 1. The smallest absolute Gasteiger partial charge is 0.403 e. The first-order chi connectivity index (χ1) is 7.22. The number of carbonyl (C=O) groups excluding carboxylic acids is 1. The molecule has 1 rings (SSSR count). The van der Waals surface area contributed by atoms with Crippen molar-refractivity contribution in [3.8, 4) is 5.75 Å². The summed E-state index contributed by atoms with van der Waals surface area (Å²) in [5.41, 5.74) is 4.56. The molecule has 0 aliphatic carbocycles. The lowest BCUT2D eigenvalue weighted by Crippen LogP contribution is -2.19. The number of hydrogen-bond acceptors (Lipinski definition) is 3. The average Bonchev–Trinajstić information content (AvgIpc) is 2.10. The van der Waals surface area contributed by atoms with Gasteiger partial charge in [-0.1, -0.05) is 0 Å². The SMILES string of the molecule is Nc1c(Br)ccc(C(=O)Cl)c1OC(F)(F)F. The molecule has 0 spiro atoms. The van der Waals surface area contributed by atoms with Gasteiger partial charge in [-0.3, -0.25) is 4.79 Å². The number of alkyl halides is 3. The first-order valence-electron chi connectivity index (χ1n) is 3.76. The first kappa shape index (κ1) is 13.1. The van der Waals surface area contributed by atoms with E-state index in [1.807, 2.05) is 0 Å². The lowest BCUT2D eigenvalue weighted by atomic mass is 10.2. The lowest BCUT2D eigenvalue weighted by Gasteiger charge is -2.14. The summed E-state index contributed by atoms with van der Waals surface area (Å²) in [6, 6.07) is 2.38. The van der Waals surface area contributed by atoms with Crippen LogP contribution in [-0.4, -0.2) is 11.6 Å². The predicted molar refractivity (Wildman–Crippen MR) is 55.4 cm³/mol. The Morgan fingerprint density at radius 1 is 1.44 bits per heavy atom. The third kappa shape index (κ3) is 3.02. The molecule has 0 atom stereocenters. The number of carbonyl (C=O) groups is 1. The van der Waals surface area contributed by atoms with Crippen LogP contribution in [0.5, 0.6) is 5.75 Å². The van der Waals surface area contributed by atoms with Gasteiger partial charge in [0, 0.05) is 4.47 Å². The third-order valence-corrected chi connectivity index (χ3v) is 2.47. The Labute approximate surface area is 101 Å². The van der Waals surface area contributed by atoms with E-state index in [-0.39, 0.29) is 10.2 Å². The van der Waals surface area contributed by atoms with E-state index in [9.17, 15) is 18.0 Å². The molecule has 8 heteroatoms. The van der Waals surface area contributed by atoms with Gasteiger partial charge in [-0.2, -0.15) is 0 Å². The summed E-state index contributed by atoms with van der Waals surface area (Å²) in [6.45, 7) is 0. The minimum absolute atomic E-state index is 0.174. The van der Waals surface area contributed by atoms with Crippen LogP contribution >= 0.6 is 27.5 Å². The van der Waals surface area contributed by atoms with E-state index >= 15 is 0 Å². The Kier molecular flexibility index (Phi) is 3.69. The first-order valence-corrected chi connectivity index (χ1v) is 4.93. The summed E-state index contributed by atoms with van der Waals surface area (Å²) in [6.07, 6.45) is -4.95. The van der Waals surface area contributed by atoms with Crippen LogP contribution in [0.3, 0.4) is 0 Å². The lowest BCUT2D eigenvalue weighted by molar-refractivity contribution is -0.274. The summed E-state index contributed by atoms with van der Waals surface area (Å²) in [5.74, 6) is -0.804. The summed E-state index contributed by atoms with van der Waals surface area (Å²) in [7, 11) is 0. The van der Waals surface area contributed by atoms with Crippen molar-refractivity contribution in [3.63, 3.8) is 0 Å². The van der Waals surface area contributed by atoms with Crippen molar-refractivity contribution >= 4 is 38.5 Å². The summed E-state index contributed by atoms with van der Waals surface area (Å²) in [4.78, 5) is 10.9. The van der Waals surface area contributed by atoms with Crippen LogP contribution in [0.25, 0.3) is 0 Å². The zero-order valence-corrected chi connectivity index (χ0v) is 9.78. The fraction of sp³-hybridized carbons (Fsp3) is 0.125. The van der Waals surface area contributed by atoms with Crippen molar-refractivity contribution < 1.29 is 22.7 Å². The Hall–Kier alpha value is -0.950. The molecule has 0 radical (unpaired) electrons. The van der Waals surface area contributed by atoms with E-state index in [4.69, 9.17) is 17.3 Å². The molecule has 0 saturated heterocycles. The van der Waals surface area contributed by atoms with Crippen molar-refractivity contribution in [2.75, 3.05) is 5.73 Å². The van der Waals surface area contributed by atoms with Crippen LogP contribution in [0.15, 0.2) is 16.6 Å². The Morgan fingerprint density at radius 2 is 2.00 bits per heavy atom. The van der Waals surface area contributed by atoms with E-state index in [1.165, 1.54) is 6.07 Å². The standard InChI is InChI=1S/C8H4BrClF3NO2/c9-4-2-1-3(7(10)15)6(5(4)14)16-8(11,12)13/h1-2H,14H2. The molecule has 0 bridgehead atoms. The van der Waals surface area contributed by atoms with Gasteiger partial charge in [0.15, 0.2) is 5.75 Å². The average molecular weight is 318 g/mol. The molecular weight excluding hydrogens is 314 g/mol. The van der Waals surface area contributed by atoms with Gasteiger partial charge >= 0.3 is 6.36 Å². The minimum atomic E-state index is -4.95. The molecule has 0 heterocycles. The van der Waals surface area contributed by atoms with Gasteiger partial charge in [0.1, 0.15) is 0 Å². The van der Waals surface area contributed by atoms with Crippen molar-refractivity contribution in [1.29, 1.82) is 0 Å². The van der Waals surface area contributed by atoms with Crippen molar-refractivity contribution in [1.82, 2.24) is 0 Å². The maximum atomic E-state index is 12.0. The van der Waals surface area contributed by atoms with Gasteiger partial charge in [0.2, 0.25) is 0 Å².